The van der Waals surface area contributed by atoms with Crippen molar-refractivity contribution in [1.82, 2.24) is 9.80 Å². The Bertz CT molecular complexity index is 608. The number of nitriles is 1. The van der Waals surface area contributed by atoms with Crippen LogP contribution >= 0.6 is 11.6 Å². The van der Waals surface area contributed by atoms with Gasteiger partial charge in [-0.25, -0.2) is 4.79 Å². The fourth-order valence-electron chi connectivity index (χ4n) is 2.22. The van der Waals surface area contributed by atoms with E-state index < -0.39 is 5.97 Å². The molecule has 0 atom stereocenters. The predicted octanol–water partition coefficient (Wildman–Crippen LogP) is 2.19. The van der Waals surface area contributed by atoms with Gasteiger partial charge in [0.1, 0.15) is 0 Å². The minimum absolute atomic E-state index is 0.104. The summed E-state index contributed by atoms with van der Waals surface area (Å²) >= 11 is 6.10. The number of nitrogens with zero attached hydrogens (tertiary/aromatic N) is 3. The molecule has 1 saturated heterocycles. The van der Waals surface area contributed by atoms with Crippen LogP contribution in [-0.4, -0.2) is 46.5 Å². The quantitative estimate of drug-likeness (QED) is 0.901. The van der Waals surface area contributed by atoms with Gasteiger partial charge in [-0.1, -0.05) is 29.8 Å². The zero-order valence-corrected chi connectivity index (χ0v) is 12.7. The number of carboxylic acids is 1. The molecule has 1 aromatic rings. The molecule has 7 heteroatoms. The Morgan fingerprint density at radius 1 is 1.41 bits per heavy atom. The molecule has 1 heterocycles. The molecule has 116 valence electrons. The fourth-order valence-corrected chi connectivity index (χ4v) is 2.42. The Balaban J connectivity index is 2.06. The third-order valence-corrected chi connectivity index (χ3v) is 3.89. The summed E-state index contributed by atoms with van der Waals surface area (Å²) in [6, 6.07) is 8.99. The van der Waals surface area contributed by atoms with Gasteiger partial charge in [0.25, 0.3) is 0 Å². The normalized spacial score (nSPS) is 14.1. The van der Waals surface area contributed by atoms with Crippen molar-refractivity contribution in [3.63, 3.8) is 0 Å². The molecule has 0 radical (unpaired) electrons. The van der Waals surface area contributed by atoms with Crippen molar-refractivity contribution in [3.8, 4) is 6.07 Å². The molecule has 22 heavy (non-hydrogen) atoms. The van der Waals surface area contributed by atoms with Gasteiger partial charge in [-0.05, 0) is 11.6 Å². The van der Waals surface area contributed by atoms with E-state index in [0.717, 1.165) is 5.56 Å². The first-order valence-electron chi connectivity index (χ1n) is 6.90. The molecule has 0 saturated carbocycles. The van der Waals surface area contributed by atoms with Gasteiger partial charge < -0.3 is 14.9 Å². The molecule has 2 rings (SSSR count). The summed E-state index contributed by atoms with van der Waals surface area (Å²) < 4.78 is 0. The molecule has 1 aliphatic rings. The van der Waals surface area contributed by atoms with E-state index in [1.165, 1.54) is 4.90 Å². The van der Waals surface area contributed by atoms with Crippen LogP contribution in [0, 0.1) is 17.2 Å². The lowest BCUT2D eigenvalue weighted by Gasteiger charge is -2.39. The number of halogens is 1. The van der Waals surface area contributed by atoms with Crippen molar-refractivity contribution >= 4 is 23.6 Å². The molecule has 0 spiro atoms. The molecular weight excluding hydrogens is 306 g/mol. The smallest absolute Gasteiger partial charge is 0.320 e. The first-order valence-corrected chi connectivity index (χ1v) is 7.27. The standard InChI is InChI=1S/C15H16ClN3O3/c16-13-4-2-1-3-12(13)10-18(6-5-14(20)21)15(22)19-8-11(7-17)9-19/h1-4,11H,5-6,8-10H2,(H,20,21). The van der Waals surface area contributed by atoms with Crippen LogP contribution in [0.5, 0.6) is 0 Å². The maximum absolute atomic E-state index is 12.4. The van der Waals surface area contributed by atoms with Gasteiger partial charge in [-0.15, -0.1) is 0 Å². The van der Waals surface area contributed by atoms with E-state index in [0.29, 0.717) is 18.1 Å². The third-order valence-electron chi connectivity index (χ3n) is 3.52. The number of carboxylic acid groups (broad SMARTS) is 1. The Morgan fingerprint density at radius 2 is 2.09 bits per heavy atom. The summed E-state index contributed by atoms with van der Waals surface area (Å²) in [5, 5.41) is 18.1. The number of carbonyl (C=O) groups is 2. The highest BCUT2D eigenvalue weighted by molar-refractivity contribution is 6.31. The van der Waals surface area contributed by atoms with E-state index in [2.05, 4.69) is 6.07 Å². The molecular formula is C15H16ClN3O3. The van der Waals surface area contributed by atoms with E-state index in [1.807, 2.05) is 6.07 Å². The highest BCUT2D eigenvalue weighted by Crippen LogP contribution is 2.21. The van der Waals surface area contributed by atoms with Crippen LogP contribution in [0.1, 0.15) is 12.0 Å². The van der Waals surface area contributed by atoms with Gasteiger partial charge in [0.15, 0.2) is 0 Å². The zero-order valence-electron chi connectivity index (χ0n) is 11.9. The summed E-state index contributed by atoms with van der Waals surface area (Å²) in [5.74, 6) is -1.10. The Morgan fingerprint density at radius 3 is 2.68 bits per heavy atom. The van der Waals surface area contributed by atoms with Crippen LogP contribution < -0.4 is 0 Å². The fraction of sp³-hybridized carbons (Fsp3) is 0.400. The SMILES string of the molecule is N#CC1CN(C(=O)N(CCC(=O)O)Cc2ccccc2Cl)C1. The molecule has 2 amide bonds. The van der Waals surface area contributed by atoms with Crippen LogP contribution in [0.2, 0.25) is 5.02 Å². The van der Waals surface area contributed by atoms with Crippen molar-refractivity contribution in [2.45, 2.75) is 13.0 Å². The van der Waals surface area contributed by atoms with Crippen LogP contribution in [-0.2, 0) is 11.3 Å². The highest BCUT2D eigenvalue weighted by Gasteiger charge is 2.33. The topological polar surface area (TPSA) is 84.6 Å². The first-order chi connectivity index (χ1) is 10.5. The molecule has 1 fully saturated rings. The molecule has 6 nitrogen and oxygen atoms in total. The number of hydrogen-bond donors (Lipinski definition) is 1. The summed E-state index contributed by atoms with van der Waals surface area (Å²) in [6.07, 6.45) is -0.133. The lowest BCUT2D eigenvalue weighted by molar-refractivity contribution is -0.137. The average molecular weight is 322 g/mol. The Labute approximate surface area is 133 Å². The van der Waals surface area contributed by atoms with Crippen LogP contribution in [0.3, 0.4) is 0 Å². The predicted molar refractivity (Wildman–Crippen MR) is 80.2 cm³/mol. The van der Waals surface area contributed by atoms with Crippen molar-refractivity contribution in [2.24, 2.45) is 5.92 Å². The van der Waals surface area contributed by atoms with Gasteiger partial charge in [0.05, 0.1) is 18.4 Å². The molecule has 1 aliphatic heterocycles. The summed E-state index contributed by atoms with van der Waals surface area (Å²) in [6.45, 7) is 1.13. The maximum atomic E-state index is 12.4. The molecule has 0 bridgehead atoms. The van der Waals surface area contributed by atoms with E-state index in [9.17, 15) is 9.59 Å². The van der Waals surface area contributed by atoms with E-state index in [4.69, 9.17) is 22.0 Å². The number of benzene rings is 1. The molecule has 0 unspecified atom stereocenters. The van der Waals surface area contributed by atoms with Crippen LogP contribution in [0.25, 0.3) is 0 Å². The lowest BCUT2D eigenvalue weighted by Crippen LogP contribution is -2.54. The van der Waals surface area contributed by atoms with E-state index >= 15 is 0 Å². The maximum Gasteiger partial charge on any atom is 0.320 e. The van der Waals surface area contributed by atoms with Crippen LogP contribution in [0.4, 0.5) is 4.79 Å². The minimum Gasteiger partial charge on any atom is -0.481 e. The number of rotatable bonds is 5. The van der Waals surface area contributed by atoms with Crippen molar-refractivity contribution in [2.75, 3.05) is 19.6 Å². The number of likely N-dealkylation sites (tertiary alicyclic amines) is 1. The summed E-state index contributed by atoms with van der Waals surface area (Å²) in [4.78, 5) is 26.2. The number of carbonyl (C=O) groups excluding carboxylic acids is 1. The highest BCUT2D eigenvalue weighted by atomic mass is 35.5. The monoisotopic (exact) mass is 321 g/mol. The molecule has 0 aromatic heterocycles. The van der Waals surface area contributed by atoms with Gasteiger partial charge in [0.2, 0.25) is 0 Å². The largest absolute Gasteiger partial charge is 0.481 e. The van der Waals surface area contributed by atoms with E-state index in [1.54, 1.807) is 23.1 Å². The number of hydrogen-bond acceptors (Lipinski definition) is 3. The van der Waals surface area contributed by atoms with Gasteiger partial charge in [0, 0.05) is 31.2 Å². The van der Waals surface area contributed by atoms with Crippen molar-refractivity contribution in [3.05, 3.63) is 34.9 Å². The zero-order chi connectivity index (χ0) is 16.1. The second-order valence-electron chi connectivity index (χ2n) is 5.17. The first kappa shape index (κ1) is 16.1. The van der Waals surface area contributed by atoms with E-state index in [-0.39, 0.29) is 31.5 Å². The Hall–Kier alpha value is -2.26. The van der Waals surface area contributed by atoms with Gasteiger partial charge >= 0.3 is 12.0 Å². The number of urea groups is 1. The van der Waals surface area contributed by atoms with Crippen LogP contribution in [0.15, 0.2) is 24.3 Å². The summed E-state index contributed by atoms with van der Waals surface area (Å²) in [7, 11) is 0. The molecule has 1 N–H and O–H groups in total. The van der Waals surface area contributed by atoms with Gasteiger partial charge in [-0.2, -0.15) is 5.26 Å². The molecule has 1 aromatic carbocycles. The summed E-state index contributed by atoms with van der Waals surface area (Å²) in [5.41, 5.74) is 0.764. The molecule has 0 aliphatic carbocycles. The second-order valence-corrected chi connectivity index (χ2v) is 5.58. The average Bonchev–Trinajstić information content (AvgIpc) is 2.43. The number of amides is 2. The lowest BCUT2D eigenvalue weighted by atomic mass is 10.0. The Kier molecular flexibility index (Phi) is 5.23. The van der Waals surface area contributed by atoms with Crippen molar-refractivity contribution in [1.29, 1.82) is 5.26 Å². The van der Waals surface area contributed by atoms with Gasteiger partial charge in [-0.3, -0.25) is 4.79 Å². The third kappa shape index (κ3) is 3.89. The van der Waals surface area contributed by atoms with Crippen molar-refractivity contribution < 1.29 is 14.7 Å². The number of aliphatic carboxylic acids is 1. The minimum atomic E-state index is -0.963. The second kappa shape index (κ2) is 7.14.